The number of amides is 1. The summed E-state index contributed by atoms with van der Waals surface area (Å²) in [6, 6.07) is 17.6. The molecule has 5 rings (SSSR count). The van der Waals surface area contributed by atoms with E-state index in [-0.39, 0.29) is 5.91 Å². The minimum atomic E-state index is 0.0873. The fourth-order valence-corrected chi connectivity index (χ4v) is 4.07. The van der Waals surface area contributed by atoms with Crippen LogP contribution in [0.15, 0.2) is 65.3 Å². The monoisotopic (exact) mass is 386 g/mol. The summed E-state index contributed by atoms with van der Waals surface area (Å²) in [7, 11) is 0. The van der Waals surface area contributed by atoms with Crippen LogP contribution in [0.4, 0.5) is 0 Å². The van der Waals surface area contributed by atoms with Crippen molar-refractivity contribution >= 4 is 16.8 Å². The van der Waals surface area contributed by atoms with Crippen molar-refractivity contribution in [2.75, 3.05) is 13.1 Å². The van der Waals surface area contributed by atoms with Crippen LogP contribution >= 0.6 is 0 Å². The van der Waals surface area contributed by atoms with Crippen LogP contribution in [0.3, 0.4) is 0 Å². The summed E-state index contributed by atoms with van der Waals surface area (Å²) in [5.74, 6) is 1.67. The van der Waals surface area contributed by atoms with Crippen LogP contribution in [-0.2, 0) is 6.42 Å². The lowest BCUT2D eigenvalue weighted by Crippen LogP contribution is -2.40. The lowest BCUT2D eigenvalue weighted by atomic mass is 9.94. The maximum Gasteiger partial charge on any atom is 0.257 e. The van der Waals surface area contributed by atoms with Gasteiger partial charge in [-0.25, -0.2) is 0 Å². The van der Waals surface area contributed by atoms with Crippen LogP contribution in [0.2, 0.25) is 0 Å². The van der Waals surface area contributed by atoms with Gasteiger partial charge in [0.25, 0.3) is 11.8 Å². The van der Waals surface area contributed by atoms with Gasteiger partial charge >= 0.3 is 0 Å². The Bertz CT molecular complexity index is 1130. The number of rotatable bonds is 4. The maximum absolute atomic E-state index is 13.0. The van der Waals surface area contributed by atoms with E-state index in [9.17, 15) is 4.79 Å². The number of carbonyl (C=O) groups is 1. The fourth-order valence-electron chi connectivity index (χ4n) is 4.07. The van der Waals surface area contributed by atoms with Crippen molar-refractivity contribution in [3.05, 3.63) is 72.2 Å². The first kappa shape index (κ1) is 17.7. The Morgan fingerprint density at radius 3 is 2.97 bits per heavy atom. The van der Waals surface area contributed by atoms with Gasteiger partial charge in [0.15, 0.2) is 5.82 Å². The first-order valence-corrected chi connectivity index (χ1v) is 10.0. The van der Waals surface area contributed by atoms with Gasteiger partial charge in [0.05, 0.1) is 0 Å². The number of carbonyl (C=O) groups excluding carboxylic acids is 1. The van der Waals surface area contributed by atoms with E-state index in [1.165, 1.54) is 0 Å². The number of likely N-dealkylation sites (tertiary alicyclic amines) is 1. The van der Waals surface area contributed by atoms with Gasteiger partial charge in [0.2, 0.25) is 0 Å². The van der Waals surface area contributed by atoms with E-state index < -0.39 is 0 Å². The summed E-state index contributed by atoms with van der Waals surface area (Å²) in [4.78, 5) is 22.7. The predicted molar refractivity (Wildman–Crippen MR) is 110 cm³/mol. The summed E-state index contributed by atoms with van der Waals surface area (Å²) in [5, 5.41) is 5.26. The van der Waals surface area contributed by atoms with Crippen LogP contribution in [-0.4, -0.2) is 39.0 Å². The average molecular weight is 386 g/mol. The fraction of sp³-hybridized carbons (Fsp3) is 0.261. The molecule has 0 spiro atoms. The molecule has 2 aromatic heterocycles. The molecule has 1 aliphatic rings. The van der Waals surface area contributed by atoms with E-state index in [1.54, 1.807) is 0 Å². The normalized spacial score (nSPS) is 17.0. The predicted octanol–water partition coefficient (Wildman–Crippen LogP) is 4.31. The Morgan fingerprint density at radius 1 is 1.17 bits per heavy atom. The molecule has 1 amide bonds. The first-order valence-electron chi connectivity index (χ1n) is 10.0. The van der Waals surface area contributed by atoms with Crippen molar-refractivity contribution in [3.63, 3.8) is 0 Å². The van der Waals surface area contributed by atoms with E-state index in [2.05, 4.69) is 15.1 Å². The summed E-state index contributed by atoms with van der Waals surface area (Å²) in [6.45, 7) is 1.51. The third-order valence-electron chi connectivity index (χ3n) is 5.57. The maximum atomic E-state index is 13.0. The van der Waals surface area contributed by atoms with Crippen LogP contribution in [0.25, 0.3) is 22.4 Å². The third kappa shape index (κ3) is 3.66. The molecule has 1 unspecified atom stereocenters. The Kier molecular flexibility index (Phi) is 4.60. The molecule has 1 saturated heterocycles. The molecule has 1 fully saturated rings. The highest BCUT2D eigenvalue weighted by Crippen LogP contribution is 2.24. The summed E-state index contributed by atoms with van der Waals surface area (Å²) in [6.07, 6.45) is 4.67. The Hall–Kier alpha value is -3.41. The first-order chi connectivity index (χ1) is 14.3. The molecule has 6 heteroatoms. The topological polar surface area (TPSA) is 75.0 Å². The van der Waals surface area contributed by atoms with Gasteiger partial charge in [-0.15, -0.1) is 0 Å². The van der Waals surface area contributed by atoms with Gasteiger partial charge in [-0.2, -0.15) is 4.98 Å². The molecule has 2 aromatic carbocycles. The second-order valence-electron chi connectivity index (χ2n) is 7.63. The minimum absolute atomic E-state index is 0.0873. The largest absolute Gasteiger partial charge is 0.361 e. The zero-order valence-corrected chi connectivity index (χ0v) is 16.0. The molecule has 0 radical (unpaired) electrons. The van der Waals surface area contributed by atoms with Crippen molar-refractivity contribution in [3.8, 4) is 11.5 Å². The molecule has 1 aliphatic heterocycles. The quantitative estimate of drug-likeness (QED) is 0.567. The van der Waals surface area contributed by atoms with Gasteiger partial charge in [-0.3, -0.25) is 4.79 Å². The van der Waals surface area contributed by atoms with Crippen LogP contribution in [0.1, 0.15) is 29.0 Å². The van der Waals surface area contributed by atoms with Crippen molar-refractivity contribution in [1.29, 1.82) is 0 Å². The van der Waals surface area contributed by atoms with Crippen molar-refractivity contribution in [2.24, 2.45) is 5.92 Å². The molecule has 0 bridgehead atoms. The molecule has 1 atom stereocenters. The number of nitrogens with zero attached hydrogens (tertiary/aromatic N) is 3. The summed E-state index contributed by atoms with van der Waals surface area (Å²) >= 11 is 0. The molecule has 4 aromatic rings. The average Bonchev–Trinajstić information content (AvgIpc) is 3.43. The lowest BCUT2D eigenvalue weighted by molar-refractivity contribution is 0.0672. The molecule has 0 saturated carbocycles. The van der Waals surface area contributed by atoms with E-state index >= 15 is 0 Å². The molecular formula is C23H22N4O2. The van der Waals surface area contributed by atoms with Gasteiger partial charge in [0.1, 0.15) is 0 Å². The molecule has 0 aliphatic carbocycles. The Morgan fingerprint density at radius 2 is 2.07 bits per heavy atom. The SMILES string of the molecule is O=C(c1ccc2cc[nH]c2c1)N1CCCC(Cc2noc(-c3ccccc3)n2)C1. The van der Waals surface area contributed by atoms with Crippen molar-refractivity contribution in [1.82, 2.24) is 20.0 Å². The number of H-pyrrole nitrogens is 1. The highest BCUT2D eigenvalue weighted by Gasteiger charge is 2.26. The molecule has 29 heavy (non-hydrogen) atoms. The standard InChI is InChI=1S/C23H22N4O2/c28-23(19-9-8-17-10-11-24-20(17)14-19)27-12-4-5-16(15-27)13-21-25-22(29-26-21)18-6-2-1-3-7-18/h1-3,6-11,14,16,24H,4-5,12-13,15H2. The molecule has 3 heterocycles. The number of aromatic amines is 1. The van der Waals surface area contributed by atoms with Crippen LogP contribution < -0.4 is 0 Å². The van der Waals surface area contributed by atoms with Gasteiger partial charge in [-0.05, 0) is 54.5 Å². The highest BCUT2D eigenvalue weighted by molar-refractivity contribution is 5.98. The molecule has 6 nitrogen and oxygen atoms in total. The van der Waals surface area contributed by atoms with Crippen LogP contribution in [0, 0.1) is 5.92 Å². The second-order valence-corrected chi connectivity index (χ2v) is 7.63. The number of hydrogen-bond acceptors (Lipinski definition) is 4. The second kappa shape index (κ2) is 7.54. The molecule has 1 N–H and O–H groups in total. The zero-order chi connectivity index (χ0) is 19.6. The van der Waals surface area contributed by atoms with Crippen LogP contribution in [0.5, 0.6) is 0 Å². The summed E-state index contributed by atoms with van der Waals surface area (Å²) in [5.41, 5.74) is 2.64. The number of benzene rings is 2. The Balaban J connectivity index is 1.27. The van der Waals surface area contributed by atoms with E-state index in [4.69, 9.17) is 4.52 Å². The van der Waals surface area contributed by atoms with E-state index in [1.807, 2.05) is 65.7 Å². The van der Waals surface area contributed by atoms with Crippen molar-refractivity contribution in [2.45, 2.75) is 19.3 Å². The number of aromatic nitrogens is 3. The number of hydrogen-bond donors (Lipinski definition) is 1. The number of piperidine rings is 1. The minimum Gasteiger partial charge on any atom is -0.361 e. The number of fused-ring (bicyclic) bond motifs is 1. The third-order valence-corrected chi connectivity index (χ3v) is 5.57. The van der Waals surface area contributed by atoms with E-state index in [0.717, 1.165) is 54.4 Å². The highest BCUT2D eigenvalue weighted by atomic mass is 16.5. The van der Waals surface area contributed by atoms with Crippen molar-refractivity contribution < 1.29 is 9.32 Å². The van der Waals surface area contributed by atoms with Gasteiger partial charge in [-0.1, -0.05) is 29.4 Å². The van der Waals surface area contributed by atoms with Gasteiger partial charge in [0, 0.05) is 42.4 Å². The van der Waals surface area contributed by atoms with Gasteiger partial charge < -0.3 is 14.4 Å². The molecular weight excluding hydrogens is 364 g/mol. The number of nitrogens with one attached hydrogen (secondary N) is 1. The molecule has 146 valence electrons. The zero-order valence-electron chi connectivity index (χ0n) is 16.0. The summed E-state index contributed by atoms with van der Waals surface area (Å²) < 4.78 is 5.42. The lowest BCUT2D eigenvalue weighted by Gasteiger charge is -2.32. The smallest absolute Gasteiger partial charge is 0.257 e. The Labute approximate surface area is 168 Å². The van der Waals surface area contributed by atoms with E-state index in [0.29, 0.717) is 17.6 Å².